The normalized spacial score (nSPS) is 15.7. The SMILES string of the molecule is [C-]#[N+]/C(C#N)=C1C=C(/C=C/c2cc3c4c(c2)C(C)(C)CCN4CCC3(C)C)OC(C(C)(C)C)=C\1.c1ccc(-c2c3c(c(-c4ccccc4)c4ccccc24)-c2ccc4c5ccc6c7c(ccc(c8ccc-3c2c84)c75)-c2c-6c(-c3ccccc3)c3ccccc3c2-c2ccccc2)cc1. The predicted octanol–water partition coefficient (Wildman–Crippen LogP) is 25.4. The number of rotatable bonds is 6. The van der Waals surface area contributed by atoms with Crippen molar-refractivity contribution in [2.75, 3.05) is 18.0 Å². The van der Waals surface area contributed by atoms with Crippen LogP contribution in [0.15, 0.2) is 272 Å². The topological polar surface area (TPSA) is 40.6 Å². The molecule has 2 aliphatic carbocycles. The lowest BCUT2D eigenvalue weighted by molar-refractivity contribution is 0.223. The van der Waals surface area contributed by atoms with E-state index >= 15 is 0 Å². The second-order valence-corrected chi connectivity index (χ2v) is 29.7. The van der Waals surface area contributed by atoms with Crippen LogP contribution in [0, 0.1) is 23.3 Å². The Hall–Kier alpha value is -11.6. The first kappa shape index (κ1) is 59.0. The first-order valence-electron chi connectivity index (χ1n) is 34.6. The van der Waals surface area contributed by atoms with Gasteiger partial charge in [0.1, 0.15) is 11.5 Å². The van der Waals surface area contributed by atoms with E-state index in [1.54, 1.807) is 6.08 Å². The Morgan fingerprint density at radius 1 is 0.439 bits per heavy atom. The summed E-state index contributed by atoms with van der Waals surface area (Å²) in [5.74, 6) is 1.39. The van der Waals surface area contributed by atoms with Crippen molar-refractivity contribution in [2.24, 2.45) is 5.41 Å². The number of ether oxygens (including phenoxy) is 1. The Morgan fingerprint density at radius 3 is 1.11 bits per heavy atom. The van der Waals surface area contributed by atoms with Gasteiger partial charge in [-0.25, -0.2) is 10.1 Å². The van der Waals surface area contributed by atoms with E-state index in [2.05, 4.69) is 295 Å². The van der Waals surface area contributed by atoms with Gasteiger partial charge < -0.3 is 9.64 Å². The zero-order chi connectivity index (χ0) is 66.5. The summed E-state index contributed by atoms with van der Waals surface area (Å²) in [4.78, 5) is 5.99. The smallest absolute Gasteiger partial charge is 0.269 e. The molecule has 3 aliphatic heterocycles. The van der Waals surface area contributed by atoms with Gasteiger partial charge in [0.2, 0.25) is 0 Å². The van der Waals surface area contributed by atoms with Crippen molar-refractivity contribution in [1.82, 2.24) is 0 Å². The molecule has 0 fully saturated rings. The van der Waals surface area contributed by atoms with Crippen molar-refractivity contribution in [3.63, 3.8) is 0 Å². The summed E-state index contributed by atoms with van der Waals surface area (Å²) in [7, 11) is 0. The molecule has 98 heavy (non-hydrogen) atoms. The monoisotopic (exact) mass is 1260 g/mol. The van der Waals surface area contributed by atoms with Crippen LogP contribution in [0.5, 0.6) is 0 Å². The lowest BCUT2D eigenvalue weighted by Gasteiger charge is -2.48. The fourth-order valence-electron chi connectivity index (χ4n) is 17.3. The van der Waals surface area contributed by atoms with Gasteiger partial charge in [-0.05, 0) is 230 Å². The van der Waals surface area contributed by atoms with E-state index in [4.69, 9.17) is 11.3 Å². The van der Waals surface area contributed by atoms with E-state index < -0.39 is 0 Å². The molecule has 0 saturated heterocycles. The van der Waals surface area contributed by atoms with E-state index in [1.165, 1.54) is 170 Å². The van der Waals surface area contributed by atoms with Crippen LogP contribution in [-0.2, 0) is 15.6 Å². The van der Waals surface area contributed by atoms with Gasteiger partial charge in [-0.15, -0.1) is 0 Å². The highest BCUT2D eigenvalue weighted by molar-refractivity contribution is 6.42. The standard InChI is InChI=1S/C64H36.C30H35N3O/c1-5-17-37(18-6-1)53-41-25-13-14-26-42(41)54(38-19-7-2-8-20-38)62-50-34-30-46-48-32-36-52-60-51(35-31-47(58(48)60)45-29-33-49(61(53)62)59(50)57(45)46)63-55(39-21-9-3-10-22-39)43-27-15-16-28-44(43)56(64(52)63)40-23-11-4-12-24-40;1-28(2,3)26-18-21(25(19-31)32-8)17-22(34-26)10-9-20-15-23-27-24(16-20)30(6,7)12-14-33(27)13-11-29(23,4)5/h1-36H;9-10,15-18H,11-14H2,1-7H3/b;10-9+,25-21+. The van der Waals surface area contributed by atoms with Gasteiger partial charge in [0.25, 0.3) is 5.70 Å². The predicted molar refractivity (Wildman–Crippen MR) is 412 cm³/mol. The summed E-state index contributed by atoms with van der Waals surface area (Å²) in [6.45, 7) is 25.2. The van der Waals surface area contributed by atoms with Crippen LogP contribution in [0.25, 0.3) is 165 Å². The summed E-state index contributed by atoms with van der Waals surface area (Å²) >= 11 is 0. The van der Waals surface area contributed by atoms with Gasteiger partial charge >= 0.3 is 0 Å². The average Bonchev–Trinajstić information content (AvgIpc) is 1.48. The maximum atomic E-state index is 9.41. The van der Waals surface area contributed by atoms with Crippen LogP contribution >= 0.6 is 0 Å². The molecule has 0 bridgehead atoms. The second-order valence-electron chi connectivity index (χ2n) is 29.7. The molecule has 5 aliphatic rings. The summed E-state index contributed by atoms with van der Waals surface area (Å²) in [5.41, 5.74) is 27.0. The highest BCUT2D eigenvalue weighted by Crippen LogP contribution is 2.63. The van der Waals surface area contributed by atoms with Gasteiger partial charge in [-0.3, -0.25) is 0 Å². The van der Waals surface area contributed by atoms with E-state index in [-0.39, 0.29) is 21.9 Å². The van der Waals surface area contributed by atoms with Crippen LogP contribution < -0.4 is 4.90 Å². The van der Waals surface area contributed by atoms with Crippen LogP contribution in [0.4, 0.5) is 5.69 Å². The largest absolute Gasteiger partial charge is 0.461 e. The van der Waals surface area contributed by atoms with E-state index in [0.717, 1.165) is 37.3 Å². The third-order valence-corrected chi connectivity index (χ3v) is 22.1. The van der Waals surface area contributed by atoms with Gasteiger partial charge in [0.05, 0.1) is 12.6 Å². The van der Waals surface area contributed by atoms with E-state index in [0.29, 0.717) is 11.3 Å². The lowest BCUT2D eigenvalue weighted by Crippen LogP contribution is -2.44. The maximum Gasteiger partial charge on any atom is 0.269 e. The fourth-order valence-corrected chi connectivity index (χ4v) is 17.3. The highest BCUT2D eigenvalue weighted by Gasteiger charge is 2.41. The molecule has 0 saturated carbocycles. The van der Waals surface area contributed by atoms with Crippen LogP contribution in [0.1, 0.15) is 78.0 Å². The maximum absolute atomic E-state index is 9.41. The molecule has 0 N–H and O–H groups in total. The number of hydrogen-bond donors (Lipinski definition) is 0. The molecule has 3 heterocycles. The van der Waals surface area contributed by atoms with Crippen molar-refractivity contribution in [3.8, 4) is 95.1 Å². The Labute approximate surface area is 573 Å². The second kappa shape index (κ2) is 22.0. The highest BCUT2D eigenvalue weighted by atomic mass is 16.5. The third kappa shape index (κ3) is 8.87. The van der Waals surface area contributed by atoms with Gasteiger partial charge in [-0.1, -0.05) is 273 Å². The Morgan fingerprint density at radius 2 is 0.786 bits per heavy atom. The van der Waals surface area contributed by atoms with Gasteiger partial charge in [0, 0.05) is 24.2 Å². The number of fused-ring (bicyclic) bond motifs is 10. The molecular formula is C94H71N3O. The molecule has 4 heteroatoms. The van der Waals surface area contributed by atoms with E-state index in [9.17, 15) is 5.26 Å². The lowest BCUT2D eigenvalue weighted by atomic mass is 9.69. The Kier molecular flexibility index (Phi) is 13.2. The summed E-state index contributed by atoms with van der Waals surface area (Å²) < 4.78 is 6.20. The molecule has 0 unspecified atom stereocenters. The quantitative estimate of drug-likeness (QED) is 0.0721. The third-order valence-electron chi connectivity index (χ3n) is 22.1. The minimum absolute atomic E-state index is 0.0812. The first-order valence-corrected chi connectivity index (χ1v) is 34.6. The Balaban J connectivity index is 0.000000174. The number of anilines is 1. The molecule has 0 amide bonds. The van der Waals surface area contributed by atoms with E-state index in [1.807, 2.05) is 18.2 Å². The molecular weight excluding hydrogens is 1190 g/mol. The van der Waals surface area contributed by atoms with Crippen LogP contribution in [0.2, 0.25) is 0 Å². The molecule has 14 aromatic carbocycles. The van der Waals surface area contributed by atoms with Crippen molar-refractivity contribution in [1.29, 1.82) is 5.26 Å². The number of hydrogen-bond acceptors (Lipinski definition) is 3. The molecule has 0 radical (unpaired) electrons. The van der Waals surface area contributed by atoms with Gasteiger partial charge in [0.15, 0.2) is 0 Å². The zero-order valence-corrected chi connectivity index (χ0v) is 56.3. The number of allylic oxidation sites excluding steroid dienone is 6. The number of nitriles is 1. The molecule has 4 nitrogen and oxygen atoms in total. The first-order chi connectivity index (χ1) is 47.7. The molecule has 14 aromatic rings. The van der Waals surface area contributed by atoms with Crippen LogP contribution in [-0.4, -0.2) is 13.1 Å². The van der Waals surface area contributed by atoms with Crippen molar-refractivity contribution in [3.05, 3.63) is 300 Å². The number of nitrogens with zero attached hydrogens (tertiary/aromatic N) is 3. The molecule has 0 aromatic heterocycles. The minimum Gasteiger partial charge on any atom is -0.461 e. The van der Waals surface area contributed by atoms with Gasteiger partial charge in [-0.2, -0.15) is 0 Å². The molecule has 19 rings (SSSR count). The fraction of sp³-hybridized carbons (Fsp3) is 0.149. The Bertz CT molecular complexity index is 5390. The average molecular weight is 1260 g/mol. The molecule has 0 spiro atoms. The van der Waals surface area contributed by atoms with Crippen LogP contribution in [0.3, 0.4) is 0 Å². The minimum atomic E-state index is -0.241. The molecule has 468 valence electrons. The summed E-state index contributed by atoms with van der Waals surface area (Å²) in [6.07, 6.45) is 9.99. The van der Waals surface area contributed by atoms with Crippen molar-refractivity contribution >= 4 is 76.4 Å². The summed E-state index contributed by atoms with van der Waals surface area (Å²) in [5, 5.41) is 25.3. The molecule has 0 atom stereocenters. The zero-order valence-electron chi connectivity index (χ0n) is 56.3. The van der Waals surface area contributed by atoms with Crippen molar-refractivity contribution < 1.29 is 4.74 Å². The number of benzene rings is 14. The summed E-state index contributed by atoms with van der Waals surface area (Å²) in [6, 6.07) is 88.6. The van der Waals surface area contributed by atoms with Crippen molar-refractivity contribution in [2.45, 2.75) is 72.1 Å².